The van der Waals surface area contributed by atoms with Crippen LogP contribution in [0.25, 0.3) is 16.8 Å². The van der Waals surface area contributed by atoms with Gasteiger partial charge in [-0.3, -0.25) is 4.68 Å². The van der Waals surface area contributed by atoms with Gasteiger partial charge in [0.2, 0.25) is 5.95 Å². The highest BCUT2D eigenvalue weighted by molar-refractivity contribution is 5.65. The Bertz CT molecular complexity index is 650. The molecule has 0 saturated carbocycles. The van der Waals surface area contributed by atoms with E-state index in [2.05, 4.69) is 15.2 Å². The molecule has 0 unspecified atom stereocenters. The molecule has 0 aromatic carbocycles. The van der Waals surface area contributed by atoms with Gasteiger partial charge in [-0.25, -0.2) is 9.50 Å². The fourth-order valence-electron chi connectivity index (χ4n) is 1.69. The molecule has 6 nitrogen and oxygen atoms in total. The number of nitrogens with zero attached hydrogens (tertiary/aromatic N) is 5. The molecule has 80 valence electrons. The zero-order chi connectivity index (χ0) is 11.1. The summed E-state index contributed by atoms with van der Waals surface area (Å²) in [6.07, 6.45) is 5.42. The molecule has 0 saturated heterocycles. The van der Waals surface area contributed by atoms with Crippen molar-refractivity contribution >= 4 is 11.5 Å². The van der Waals surface area contributed by atoms with Crippen LogP contribution in [0, 0.1) is 0 Å². The molecule has 0 radical (unpaired) electrons. The predicted octanol–water partition coefficient (Wildman–Crippen LogP) is 0.712. The van der Waals surface area contributed by atoms with Crippen LogP contribution in [0.15, 0.2) is 30.7 Å². The molecule has 6 heteroatoms. The van der Waals surface area contributed by atoms with Gasteiger partial charge in [0.15, 0.2) is 0 Å². The second kappa shape index (κ2) is 3.06. The lowest BCUT2D eigenvalue weighted by Gasteiger charge is -1.99. The highest BCUT2D eigenvalue weighted by Crippen LogP contribution is 2.20. The molecule has 3 aromatic rings. The average molecular weight is 214 g/mol. The van der Waals surface area contributed by atoms with E-state index in [1.165, 1.54) is 0 Å². The summed E-state index contributed by atoms with van der Waals surface area (Å²) >= 11 is 0. The van der Waals surface area contributed by atoms with Crippen molar-refractivity contribution in [1.82, 2.24) is 24.4 Å². The molecule has 0 aliphatic rings. The minimum atomic E-state index is 0.258. The van der Waals surface area contributed by atoms with Gasteiger partial charge in [-0.2, -0.15) is 5.10 Å². The summed E-state index contributed by atoms with van der Waals surface area (Å²) in [5.74, 6) is 0.258. The van der Waals surface area contributed by atoms with Crippen LogP contribution in [0.5, 0.6) is 0 Å². The van der Waals surface area contributed by atoms with Crippen LogP contribution in [0.4, 0.5) is 5.95 Å². The molecule has 0 aliphatic carbocycles. The molecule has 0 atom stereocenters. The van der Waals surface area contributed by atoms with Crippen LogP contribution < -0.4 is 5.73 Å². The Labute approximate surface area is 91.3 Å². The number of nitrogens with two attached hydrogens (primary N) is 1. The van der Waals surface area contributed by atoms with Gasteiger partial charge in [0.1, 0.15) is 0 Å². The van der Waals surface area contributed by atoms with E-state index in [-0.39, 0.29) is 5.95 Å². The molecule has 0 fully saturated rings. The van der Waals surface area contributed by atoms with E-state index in [1.54, 1.807) is 21.6 Å². The first-order chi connectivity index (χ1) is 7.74. The molecule has 0 spiro atoms. The normalized spacial score (nSPS) is 11.1. The number of aryl methyl sites for hydroxylation is 1. The van der Waals surface area contributed by atoms with E-state index in [9.17, 15) is 0 Å². The number of anilines is 1. The Balaban J connectivity index is 2.27. The second-order valence-corrected chi connectivity index (χ2v) is 3.57. The lowest BCUT2D eigenvalue weighted by Crippen LogP contribution is -2.01. The van der Waals surface area contributed by atoms with Crippen LogP contribution in [0.1, 0.15) is 0 Å². The van der Waals surface area contributed by atoms with Crippen molar-refractivity contribution in [2.24, 2.45) is 7.05 Å². The lowest BCUT2D eigenvalue weighted by atomic mass is 10.3. The summed E-state index contributed by atoms with van der Waals surface area (Å²) in [5, 5.41) is 8.30. The third-order valence-corrected chi connectivity index (χ3v) is 2.42. The van der Waals surface area contributed by atoms with Crippen LogP contribution in [-0.4, -0.2) is 24.4 Å². The average Bonchev–Trinajstić information content (AvgIpc) is 2.83. The maximum Gasteiger partial charge on any atom is 0.238 e. The van der Waals surface area contributed by atoms with E-state index in [4.69, 9.17) is 5.73 Å². The van der Waals surface area contributed by atoms with Crippen LogP contribution in [-0.2, 0) is 7.05 Å². The van der Waals surface area contributed by atoms with Crippen molar-refractivity contribution in [2.45, 2.75) is 0 Å². The molecule has 3 heterocycles. The summed E-state index contributed by atoms with van der Waals surface area (Å²) in [6.45, 7) is 0. The fourth-order valence-corrected chi connectivity index (χ4v) is 1.69. The van der Waals surface area contributed by atoms with Gasteiger partial charge in [-0.1, -0.05) is 0 Å². The van der Waals surface area contributed by atoms with Gasteiger partial charge < -0.3 is 5.73 Å². The van der Waals surface area contributed by atoms with Crippen molar-refractivity contribution in [3.05, 3.63) is 30.7 Å². The maximum absolute atomic E-state index is 5.57. The third kappa shape index (κ3) is 1.23. The van der Waals surface area contributed by atoms with E-state index in [0.29, 0.717) is 0 Å². The lowest BCUT2D eigenvalue weighted by molar-refractivity contribution is 0.768. The standard InChI is InChI=1S/C10H10N6/c1-15-6-7(4-13-15)9-3-2-8-5-12-10(11)14-16(8)9/h2-6H,1H3,(H2,11,14). The third-order valence-electron chi connectivity index (χ3n) is 2.42. The van der Waals surface area contributed by atoms with E-state index in [1.807, 2.05) is 25.4 Å². The zero-order valence-corrected chi connectivity index (χ0v) is 8.70. The zero-order valence-electron chi connectivity index (χ0n) is 8.70. The quantitative estimate of drug-likeness (QED) is 0.647. The molecule has 2 N–H and O–H groups in total. The monoisotopic (exact) mass is 214 g/mol. The number of nitrogen functional groups attached to an aromatic ring is 1. The van der Waals surface area contributed by atoms with Gasteiger partial charge in [0.25, 0.3) is 0 Å². The Morgan fingerprint density at radius 2 is 2.12 bits per heavy atom. The van der Waals surface area contributed by atoms with Crippen LogP contribution in [0.3, 0.4) is 0 Å². The molecule has 3 rings (SSSR count). The molecule has 0 bridgehead atoms. The van der Waals surface area contributed by atoms with Gasteiger partial charge in [0, 0.05) is 18.8 Å². The minimum absolute atomic E-state index is 0.258. The molecule has 16 heavy (non-hydrogen) atoms. The Morgan fingerprint density at radius 1 is 1.25 bits per heavy atom. The van der Waals surface area contributed by atoms with Crippen LogP contribution >= 0.6 is 0 Å². The van der Waals surface area contributed by atoms with E-state index in [0.717, 1.165) is 16.8 Å². The Kier molecular flexibility index (Phi) is 1.70. The first-order valence-electron chi connectivity index (χ1n) is 4.83. The van der Waals surface area contributed by atoms with E-state index < -0.39 is 0 Å². The van der Waals surface area contributed by atoms with Crippen LogP contribution in [0.2, 0.25) is 0 Å². The highest BCUT2D eigenvalue weighted by Gasteiger charge is 2.07. The first kappa shape index (κ1) is 8.90. The number of aromatic nitrogens is 5. The molecular formula is C10H10N6. The predicted molar refractivity (Wildman–Crippen MR) is 59.6 cm³/mol. The highest BCUT2D eigenvalue weighted by atomic mass is 15.3. The van der Waals surface area contributed by atoms with Gasteiger partial charge in [-0.15, -0.1) is 5.10 Å². The molecule has 0 amide bonds. The Hall–Kier alpha value is -2.37. The molecular weight excluding hydrogens is 204 g/mol. The van der Waals surface area contributed by atoms with Crippen molar-refractivity contribution in [3.63, 3.8) is 0 Å². The number of rotatable bonds is 1. The van der Waals surface area contributed by atoms with Gasteiger partial charge in [0.05, 0.1) is 23.6 Å². The number of hydrogen-bond acceptors (Lipinski definition) is 4. The Morgan fingerprint density at radius 3 is 2.88 bits per heavy atom. The number of fused-ring (bicyclic) bond motifs is 1. The first-order valence-corrected chi connectivity index (χ1v) is 4.83. The minimum Gasteiger partial charge on any atom is -0.367 e. The summed E-state index contributed by atoms with van der Waals surface area (Å²) in [4.78, 5) is 3.94. The van der Waals surface area contributed by atoms with Crippen molar-refractivity contribution < 1.29 is 0 Å². The number of hydrogen-bond donors (Lipinski definition) is 1. The van der Waals surface area contributed by atoms with Gasteiger partial charge in [-0.05, 0) is 12.1 Å². The van der Waals surface area contributed by atoms with Crippen molar-refractivity contribution in [3.8, 4) is 11.3 Å². The molecule has 3 aromatic heterocycles. The second-order valence-electron chi connectivity index (χ2n) is 3.57. The SMILES string of the molecule is Cn1cc(-c2ccc3cnc(N)nn23)cn1. The largest absolute Gasteiger partial charge is 0.367 e. The van der Waals surface area contributed by atoms with Crippen molar-refractivity contribution in [2.75, 3.05) is 5.73 Å². The van der Waals surface area contributed by atoms with E-state index >= 15 is 0 Å². The summed E-state index contributed by atoms with van der Waals surface area (Å²) in [7, 11) is 1.88. The topological polar surface area (TPSA) is 74.0 Å². The summed E-state index contributed by atoms with van der Waals surface area (Å²) < 4.78 is 3.51. The molecule has 0 aliphatic heterocycles. The van der Waals surface area contributed by atoms with Crippen molar-refractivity contribution in [1.29, 1.82) is 0 Å². The fraction of sp³-hybridized carbons (Fsp3) is 0.100. The van der Waals surface area contributed by atoms with Gasteiger partial charge >= 0.3 is 0 Å². The maximum atomic E-state index is 5.57. The summed E-state index contributed by atoms with van der Waals surface area (Å²) in [5.41, 5.74) is 8.44. The smallest absolute Gasteiger partial charge is 0.238 e. The summed E-state index contributed by atoms with van der Waals surface area (Å²) in [6, 6.07) is 3.92.